The van der Waals surface area contributed by atoms with Gasteiger partial charge in [-0.3, -0.25) is 0 Å². The molecule has 0 N–H and O–H groups in total. The molecular formula is C26H33F3O. The molecule has 0 spiro atoms. The van der Waals surface area contributed by atoms with E-state index in [1.807, 2.05) is 13.0 Å². The molecule has 3 aliphatic carbocycles. The van der Waals surface area contributed by atoms with E-state index < -0.39 is 11.6 Å². The molecule has 0 aliphatic heterocycles. The van der Waals surface area contributed by atoms with Crippen LogP contribution in [-0.4, -0.2) is 6.61 Å². The van der Waals surface area contributed by atoms with E-state index in [4.69, 9.17) is 4.74 Å². The summed E-state index contributed by atoms with van der Waals surface area (Å²) in [6.45, 7) is 2.28. The molecule has 3 aliphatic rings. The van der Waals surface area contributed by atoms with Gasteiger partial charge >= 0.3 is 0 Å². The van der Waals surface area contributed by atoms with Gasteiger partial charge in [-0.1, -0.05) is 44.4 Å². The highest BCUT2D eigenvalue weighted by Crippen LogP contribution is 2.39. The first-order valence-electron chi connectivity index (χ1n) is 11.7. The molecule has 0 amide bonds. The highest BCUT2D eigenvalue weighted by molar-refractivity contribution is 5.33. The Morgan fingerprint density at radius 2 is 1.60 bits per heavy atom. The number of benzene rings is 1. The first kappa shape index (κ1) is 21.5. The zero-order valence-electron chi connectivity index (χ0n) is 17.9. The Bertz CT molecular complexity index is 794. The average molecular weight is 419 g/mol. The molecule has 0 saturated heterocycles. The third-order valence-corrected chi connectivity index (χ3v) is 7.40. The fourth-order valence-electron chi connectivity index (χ4n) is 5.35. The normalized spacial score (nSPS) is 30.2. The van der Waals surface area contributed by atoms with Crippen molar-refractivity contribution in [2.45, 2.75) is 70.6 Å². The van der Waals surface area contributed by atoms with Gasteiger partial charge in [-0.2, -0.15) is 4.39 Å². The van der Waals surface area contributed by atoms with Crippen molar-refractivity contribution in [2.24, 2.45) is 23.7 Å². The van der Waals surface area contributed by atoms with Crippen LogP contribution in [0.2, 0.25) is 0 Å². The Kier molecular flexibility index (Phi) is 6.90. The van der Waals surface area contributed by atoms with E-state index in [0.717, 1.165) is 51.4 Å². The predicted octanol–water partition coefficient (Wildman–Crippen LogP) is 7.87. The highest BCUT2D eigenvalue weighted by atomic mass is 19.2. The third kappa shape index (κ3) is 4.78. The smallest absolute Gasteiger partial charge is 0.200 e. The van der Waals surface area contributed by atoms with Crippen LogP contribution in [0.25, 0.3) is 0 Å². The summed E-state index contributed by atoms with van der Waals surface area (Å²) in [5, 5.41) is 0. The van der Waals surface area contributed by atoms with Crippen LogP contribution in [0, 0.1) is 35.3 Å². The molecule has 4 atom stereocenters. The minimum absolute atomic E-state index is 0.00820. The summed E-state index contributed by atoms with van der Waals surface area (Å²) in [4.78, 5) is 0. The topological polar surface area (TPSA) is 9.23 Å². The van der Waals surface area contributed by atoms with Gasteiger partial charge in [-0.15, -0.1) is 0 Å². The molecule has 4 heteroatoms. The maximum absolute atomic E-state index is 14.6. The van der Waals surface area contributed by atoms with E-state index in [9.17, 15) is 13.2 Å². The molecule has 1 aromatic carbocycles. The number of ether oxygens (including phenoxy) is 1. The highest BCUT2D eigenvalue weighted by Gasteiger charge is 2.28. The molecular weight excluding hydrogens is 385 g/mol. The van der Waals surface area contributed by atoms with Gasteiger partial charge < -0.3 is 4.74 Å². The maximum Gasteiger partial charge on any atom is 0.200 e. The third-order valence-electron chi connectivity index (χ3n) is 7.40. The molecule has 4 rings (SSSR count). The molecule has 1 aromatic rings. The molecule has 1 saturated carbocycles. The van der Waals surface area contributed by atoms with Gasteiger partial charge in [0.2, 0.25) is 5.82 Å². The second-order valence-corrected chi connectivity index (χ2v) is 9.51. The van der Waals surface area contributed by atoms with Crippen molar-refractivity contribution in [3.8, 4) is 5.75 Å². The van der Waals surface area contributed by atoms with Gasteiger partial charge in [0.05, 0.1) is 12.4 Å². The summed E-state index contributed by atoms with van der Waals surface area (Å²) in [6.07, 6.45) is 15.2. The van der Waals surface area contributed by atoms with E-state index in [1.165, 1.54) is 6.42 Å². The SMILES string of the molecule is CC1CCC(C2C=CC(COc3ccc(C4CCCCC4)c(F)c3F)CC2)C=C1F. The van der Waals surface area contributed by atoms with Crippen LogP contribution < -0.4 is 4.74 Å². The fourth-order valence-corrected chi connectivity index (χ4v) is 5.35. The van der Waals surface area contributed by atoms with Crippen LogP contribution in [0.4, 0.5) is 13.2 Å². The lowest BCUT2D eigenvalue weighted by Gasteiger charge is -2.31. The monoisotopic (exact) mass is 418 g/mol. The van der Waals surface area contributed by atoms with E-state index in [0.29, 0.717) is 18.1 Å². The van der Waals surface area contributed by atoms with E-state index in [-0.39, 0.29) is 35.2 Å². The maximum atomic E-state index is 14.6. The van der Waals surface area contributed by atoms with Gasteiger partial charge in [0.25, 0.3) is 0 Å². The molecule has 164 valence electrons. The van der Waals surface area contributed by atoms with Crippen LogP contribution in [0.3, 0.4) is 0 Å². The summed E-state index contributed by atoms with van der Waals surface area (Å²) < 4.78 is 48.8. The largest absolute Gasteiger partial charge is 0.490 e. The van der Waals surface area contributed by atoms with Crippen molar-refractivity contribution in [3.05, 3.63) is 53.4 Å². The second kappa shape index (κ2) is 9.62. The Morgan fingerprint density at radius 1 is 0.833 bits per heavy atom. The van der Waals surface area contributed by atoms with Crippen molar-refractivity contribution >= 4 is 0 Å². The van der Waals surface area contributed by atoms with Gasteiger partial charge in [0.1, 0.15) is 0 Å². The first-order chi connectivity index (χ1) is 14.5. The Balaban J connectivity index is 1.33. The lowest BCUT2D eigenvalue weighted by molar-refractivity contribution is 0.232. The Labute approximate surface area is 178 Å². The van der Waals surface area contributed by atoms with E-state index in [1.54, 1.807) is 12.1 Å². The predicted molar refractivity (Wildman–Crippen MR) is 114 cm³/mol. The molecule has 30 heavy (non-hydrogen) atoms. The Morgan fingerprint density at radius 3 is 2.30 bits per heavy atom. The number of rotatable bonds is 5. The molecule has 1 fully saturated rings. The number of hydrogen-bond acceptors (Lipinski definition) is 1. The lowest BCUT2D eigenvalue weighted by atomic mass is 9.75. The van der Waals surface area contributed by atoms with Crippen molar-refractivity contribution in [3.63, 3.8) is 0 Å². The summed E-state index contributed by atoms with van der Waals surface area (Å²) >= 11 is 0. The summed E-state index contributed by atoms with van der Waals surface area (Å²) in [6, 6.07) is 3.30. The first-order valence-corrected chi connectivity index (χ1v) is 11.7. The van der Waals surface area contributed by atoms with Gasteiger partial charge in [0, 0.05) is 11.8 Å². The van der Waals surface area contributed by atoms with Crippen LogP contribution in [0.15, 0.2) is 36.2 Å². The van der Waals surface area contributed by atoms with Gasteiger partial charge in [-0.25, -0.2) is 8.78 Å². The quantitative estimate of drug-likeness (QED) is 0.442. The van der Waals surface area contributed by atoms with E-state index in [2.05, 4.69) is 12.2 Å². The second-order valence-electron chi connectivity index (χ2n) is 9.51. The summed E-state index contributed by atoms with van der Waals surface area (Å²) in [5.74, 6) is -0.559. The lowest BCUT2D eigenvalue weighted by Crippen LogP contribution is -2.22. The molecule has 0 radical (unpaired) electrons. The zero-order chi connectivity index (χ0) is 21.1. The number of halogens is 3. The molecule has 0 bridgehead atoms. The average Bonchev–Trinajstić information content (AvgIpc) is 2.78. The van der Waals surface area contributed by atoms with Crippen LogP contribution >= 0.6 is 0 Å². The summed E-state index contributed by atoms with van der Waals surface area (Å²) in [5.41, 5.74) is 0.502. The molecule has 4 unspecified atom stereocenters. The van der Waals surface area contributed by atoms with Crippen molar-refractivity contribution in [2.75, 3.05) is 6.61 Å². The fraction of sp³-hybridized carbons (Fsp3) is 0.615. The zero-order valence-corrected chi connectivity index (χ0v) is 17.9. The number of allylic oxidation sites excluding steroid dienone is 3. The van der Waals surface area contributed by atoms with Crippen molar-refractivity contribution in [1.29, 1.82) is 0 Å². The van der Waals surface area contributed by atoms with E-state index >= 15 is 0 Å². The van der Waals surface area contributed by atoms with Crippen LogP contribution in [-0.2, 0) is 0 Å². The van der Waals surface area contributed by atoms with Crippen molar-refractivity contribution < 1.29 is 17.9 Å². The minimum atomic E-state index is -0.854. The van der Waals surface area contributed by atoms with Gasteiger partial charge in [0.15, 0.2) is 11.6 Å². The minimum Gasteiger partial charge on any atom is -0.490 e. The van der Waals surface area contributed by atoms with Crippen LogP contribution in [0.1, 0.15) is 76.2 Å². The van der Waals surface area contributed by atoms with Gasteiger partial charge in [-0.05, 0) is 74.0 Å². The molecule has 0 heterocycles. The molecule has 0 aromatic heterocycles. The van der Waals surface area contributed by atoms with Crippen molar-refractivity contribution in [1.82, 2.24) is 0 Å². The standard InChI is InChI=1S/C26H33F3O/c1-17-7-10-21(15-23(17)27)19-11-8-18(9-12-19)16-30-24-14-13-22(25(28)26(24)29)20-5-3-2-4-6-20/h8,11,13-15,17-21H,2-7,9-10,12,16H2,1H3. The summed E-state index contributed by atoms with van der Waals surface area (Å²) in [7, 11) is 0. The van der Waals surface area contributed by atoms with Crippen LogP contribution in [0.5, 0.6) is 5.75 Å². The number of hydrogen-bond donors (Lipinski definition) is 0. The molecule has 1 nitrogen and oxygen atoms in total. The Hall–Kier alpha value is -1.71.